The Kier molecular flexibility index (Phi) is 4.31. The fourth-order valence-corrected chi connectivity index (χ4v) is 2.63. The highest BCUT2D eigenvalue weighted by Crippen LogP contribution is 2.39. The van der Waals surface area contributed by atoms with Crippen LogP contribution in [0.15, 0.2) is 54.6 Å². The van der Waals surface area contributed by atoms with E-state index in [0.29, 0.717) is 17.7 Å². The fraction of sp³-hybridized carbons (Fsp3) is 0.0526. The van der Waals surface area contributed by atoms with Crippen molar-refractivity contribution in [3.8, 4) is 28.0 Å². The van der Waals surface area contributed by atoms with Gasteiger partial charge < -0.3 is 10.8 Å². The van der Waals surface area contributed by atoms with E-state index in [9.17, 15) is 27.1 Å². The van der Waals surface area contributed by atoms with Gasteiger partial charge in [0.25, 0.3) is 0 Å². The lowest BCUT2D eigenvalue weighted by Crippen LogP contribution is -2.06. The van der Waals surface area contributed by atoms with Gasteiger partial charge in [-0.1, -0.05) is 18.2 Å². The predicted octanol–water partition coefficient (Wildman–Crippen LogP) is 5.61. The molecule has 0 bridgehead atoms. The maximum absolute atomic E-state index is 14.3. The molecule has 3 rings (SSSR count). The summed E-state index contributed by atoms with van der Waals surface area (Å²) in [6.07, 6.45) is -4.69. The van der Waals surface area contributed by atoms with Crippen LogP contribution >= 0.6 is 0 Å². The smallest absolute Gasteiger partial charge is 0.416 e. The number of hydrogen-bond acceptors (Lipinski definition) is 2. The van der Waals surface area contributed by atoms with Crippen LogP contribution in [-0.2, 0) is 6.18 Å². The minimum absolute atomic E-state index is 0.00210. The zero-order valence-electron chi connectivity index (χ0n) is 13.1. The van der Waals surface area contributed by atoms with Crippen LogP contribution in [0, 0.1) is 11.6 Å². The first-order valence-corrected chi connectivity index (χ1v) is 7.42. The van der Waals surface area contributed by atoms with Gasteiger partial charge in [-0.2, -0.15) is 13.2 Å². The number of halogens is 5. The van der Waals surface area contributed by atoms with Crippen molar-refractivity contribution in [1.82, 2.24) is 0 Å². The number of phenols is 1. The van der Waals surface area contributed by atoms with E-state index in [0.717, 1.165) is 18.2 Å². The number of rotatable bonds is 2. The van der Waals surface area contributed by atoms with Crippen molar-refractivity contribution in [2.24, 2.45) is 0 Å². The Morgan fingerprint density at radius 3 is 1.96 bits per heavy atom. The van der Waals surface area contributed by atoms with E-state index in [1.165, 1.54) is 24.3 Å². The molecule has 0 aromatic heterocycles. The SMILES string of the molecule is Nc1c(-c2ccc(O)cc2)cc(F)cc1-c1ccc(C(F)(F)F)cc1F. The number of benzene rings is 3. The van der Waals surface area contributed by atoms with Crippen LogP contribution in [0.4, 0.5) is 27.6 Å². The largest absolute Gasteiger partial charge is 0.508 e. The van der Waals surface area contributed by atoms with E-state index in [4.69, 9.17) is 5.73 Å². The number of nitrogen functional groups attached to an aromatic ring is 1. The third-order valence-electron chi connectivity index (χ3n) is 3.91. The van der Waals surface area contributed by atoms with Crippen molar-refractivity contribution in [1.29, 1.82) is 0 Å². The van der Waals surface area contributed by atoms with Crippen LogP contribution in [0.5, 0.6) is 5.75 Å². The molecule has 0 aliphatic rings. The lowest BCUT2D eigenvalue weighted by atomic mass is 9.95. The summed E-state index contributed by atoms with van der Waals surface area (Å²) in [5.41, 5.74) is 5.30. The Hall–Kier alpha value is -3.09. The van der Waals surface area contributed by atoms with Gasteiger partial charge in [0.2, 0.25) is 0 Å². The molecule has 0 radical (unpaired) electrons. The van der Waals surface area contributed by atoms with Crippen molar-refractivity contribution in [2.45, 2.75) is 6.18 Å². The van der Waals surface area contributed by atoms with Gasteiger partial charge in [0.05, 0.1) is 5.56 Å². The Labute approximate surface area is 145 Å². The van der Waals surface area contributed by atoms with Gasteiger partial charge in [-0.15, -0.1) is 0 Å². The Bertz CT molecular complexity index is 965. The minimum Gasteiger partial charge on any atom is -0.508 e. The lowest BCUT2D eigenvalue weighted by Gasteiger charge is -2.14. The molecule has 0 fully saturated rings. The summed E-state index contributed by atoms with van der Waals surface area (Å²) < 4.78 is 66.4. The molecule has 2 nitrogen and oxygen atoms in total. The van der Waals surface area contributed by atoms with Gasteiger partial charge in [0.15, 0.2) is 0 Å². The first-order valence-electron chi connectivity index (χ1n) is 7.42. The molecule has 0 aliphatic carbocycles. The predicted molar refractivity (Wildman–Crippen MR) is 88.3 cm³/mol. The second-order valence-electron chi connectivity index (χ2n) is 5.65. The molecule has 0 aliphatic heterocycles. The summed E-state index contributed by atoms with van der Waals surface area (Å²) in [6, 6.07) is 9.81. The number of nitrogens with two attached hydrogens (primary N) is 1. The molecule has 26 heavy (non-hydrogen) atoms. The van der Waals surface area contributed by atoms with Gasteiger partial charge in [-0.3, -0.25) is 0 Å². The monoisotopic (exact) mass is 365 g/mol. The molecule has 3 aromatic rings. The lowest BCUT2D eigenvalue weighted by molar-refractivity contribution is -0.137. The van der Waals surface area contributed by atoms with Crippen LogP contribution < -0.4 is 5.73 Å². The summed E-state index contributed by atoms with van der Waals surface area (Å²) in [5, 5.41) is 9.34. The van der Waals surface area contributed by atoms with Crippen molar-refractivity contribution in [3.63, 3.8) is 0 Å². The maximum Gasteiger partial charge on any atom is 0.416 e. The quantitative estimate of drug-likeness (QED) is 0.458. The van der Waals surface area contributed by atoms with Crippen molar-refractivity contribution < 1.29 is 27.1 Å². The molecular weight excluding hydrogens is 353 g/mol. The van der Waals surface area contributed by atoms with E-state index in [1.807, 2.05) is 0 Å². The molecule has 0 saturated heterocycles. The van der Waals surface area contributed by atoms with E-state index in [2.05, 4.69) is 0 Å². The zero-order chi connectivity index (χ0) is 19.1. The summed E-state index contributed by atoms with van der Waals surface area (Å²) in [7, 11) is 0. The van der Waals surface area contributed by atoms with E-state index in [1.54, 1.807) is 0 Å². The number of phenolic OH excluding ortho intramolecular Hbond substituents is 1. The van der Waals surface area contributed by atoms with Crippen LogP contribution in [0.3, 0.4) is 0 Å². The van der Waals surface area contributed by atoms with E-state index >= 15 is 0 Å². The molecular formula is C19H12F5NO. The molecule has 0 unspecified atom stereocenters. The Morgan fingerprint density at radius 1 is 0.769 bits per heavy atom. The molecule has 3 N–H and O–H groups in total. The Morgan fingerprint density at radius 2 is 1.38 bits per heavy atom. The molecule has 0 saturated carbocycles. The third-order valence-corrected chi connectivity index (χ3v) is 3.91. The van der Waals surface area contributed by atoms with Crippen LogP contribution in [0.1, 0.15) is 5.56 Å². The second kappa shape index (κ2) is 6.33. The molecule has 134 valence electrons. The number of anilines is 1. The molecule has 3 aromatic carbocycles. The van der Waals surface area contributed by atoms with Gasteiger partial charge in [-0.25, -0.2) is 8.78 Å². The highest BCUT2D eigenvalue weighted by Gasteiger charge is 2.31. The van der Waals surface area contributed by atoms with Gasteiger partial charge in [-0.05, 0) is 42.0 Å². The summed E-state index contributed by atoms with van der Waals surface area (Å²) in [5.74, 6) is -1.89. The third kappa shape index (κ3) is 3.33. The maximum atomic E-state index is 14.3. The van der Waals surface area contributed by atoms with Crippen LogP contribution in [-0.4, -0.2) is 5.11 Å². The molecule has 0 spiro atoms. The van der Waals surface area contributed by atoms with Gasteiger partial charge in [0.1, 0.15) is 17.4 Å². The van der Waals surface area contributed by atoms with E-state index in [-0.39, 0.29) is 28.1 Å². The zero-order valence-corrected chi connectivity index (χ0v) is 13.1. The highest BCUT2D eigenvalue weighted by molar-refractivity contribution is 5.89. The second-order valence-corrected chi connectivity index (χ2v) is 5.65. The number of aromatic hydroxyl groups is 1. The van der Waals surface area contributed by atoms with Gasteiger partial charge in [0, 0.05) is 22.4 Å². The molecule has 0 atom stereocenters. The van der Waals surface area contributed by atoms with Crippen molar-refractivity contribution >= 4 is 5.69 Å². The van der Waals surface area contributed by atoms with Crippen LogP contribution in [0.25, 0.3) is 22.3 Å². The van der Waals surface area contributed by atoms with E-state index < -0.39 is 23.4 Å². The summed E-state index contributed by atoms with van der Waals surface area (Å²) >= 11 is 0. The van der Waals surface area contributed by atoms with Crippen molar-refractivity contribution in [3.05, 3.63) is 71.8 Å². The summed E-state index contributed by atoms with van der Waals surface area (Å²) in [4.78, 5) is 0. The highest BCUT2D eigenvalue weighted by atomic mass is 19.4. The molecule has 7 heteroatoms. The number of hydrogen-bond donors (Lipinski definition) is 2. The Balaban J connectivity index is 2.16. The average Bonchev–Trinajstić information content (AvgIpc) is 2.57. The minimum atomic E-state index is -4.69. The number of alkyl halides is 3. The van der Waals surface area contributed by atoms with Crippen LogP contribution in [0.2, 0.25) is 0 Å². The van der Waals surface area contributed by atoms with Crippen molar-refractivity contribution in [2.75, 3.05) is 5.73 Å². The standard InChI is InChI=1S/C19H12F5NO/c20-12-8-15(10-1-4-13(26)5-2-10)18(25)16(9-12)14-6-3-11(7-17(14)21)19(22,23)24/h1-9,26H,25H2. The first-order chi connectivity index (χ1) is 12.2. The summed E-state index contributed by atoms with van der Waals surface area (Å²) in [6.45, 7) is 0. The molecule has 0 heterocycles. The van der Waals surface area contributed by atoms with Gasteiger partial charge >= 0.3 is 6.18 Å². The first kappa shape index (κ1) is 17.7. The topological polar surface area (TPSA) is 46.2 Å². The average molecular weight is 365 g/mol. The normalized spacial score (nSPS) is 11.6. The molecule has 0 amide bonds. The fourth-order valence-electron chi connectivity index (χ4n) is 2.63.